The van der Waals surface area contributed by atoms with Gasteiger partial charge in [0.1, 0.15) is 11.3 Å². The number of H-pyrrole nitrogens is 1. The molecule has 3 rings (SSSR count). The van der Waals surface area contributed by atoms with Gasteiger partial charge in [-0.15, -0.1) is 0 Å². The molecule has 1 fully saturated rings. The molecule has 1 saturated carbocycles. The number of hydrogen-bond donors (Lipinski definition) is 1. The first-order valence-electron chi connectivity index (χ1n) is 8.68. The highest BCUT2D eigenvalue weighted by molar-refractivity contribution is 5.69. The van der Waals surface area contributed by atoms with E-state index >= 15 is 0 Å². The number of rotatable bonds is 4. The van der Waals surface area contributed by atoms with Crippen molar-refractivity contribution in [3.8, 4) is 0 Å². The Bertz CT molecular complexity index is 689. The van der Waals surface area contributed by atoms with Gasteiger partial charge in [0.15, 0.2) is 11.1 Å². The van der Waals surface area contributed by atoms with Crippen LogP contribution in [-0.2, 0) is 6.54 Å². The van der Waals surface area contributed by atoms with E-state index in [9.17, 15) is 0 Å². The van der Waals surface area contributed by atoms with Crippen LogP contribution in [0.5, 0.6) is 0 Å². The molecule has 0 aromatic carbocycles. The van der Waals surface area contributed by atoms with Gasteiger partial charge in [-0.1, -0.05) is 40.0 Å². The van der Waals surface area contributed by atoms with Gasteiger partial charge in [0.25, 0.3) is 0 Å². The number of aromatic nitrogens is 4. The van der Waals surface area contributed by atoms with Gasteiger partial charge < -0.3 is 9.55 Å². The number of nitrogens with zero attached hydrogens (tertiary/aromatic N) is 4. The van der Waals surface area contributed by atoms with Crippen LogP contribution in [-0.4, -0.2) is 25.6 Å². The molecule has 0 unspecified atom stereocenters. The Morgan fingerprint density at radius 2 is 2.09 bits per heavy atom. The van der Waals surface area contributed by atoms with Crippen molar-refractivity contribution in [2.24, 2.45) is 4.99 Å². The molecule has 2 aromatic rings. The zero-order valence-corrected chi connectivity index (χ0v) is 14.0. The number of fused-ring (bicyclic) bond motifs is 1. The lowest BCUT2D eigenvalue weighted by molar-refractivity contribution is 0.436. The molecule has 0 saturated heterocycles. The van der Waals surface area contributed by atoms with E-state index in [1.165, 1.54) is 32.1 Å². The standard InChI is InChI=1S/C17H27N5/c1-4-10-22-11-18-16(19-13-8-6-5-7-9-13)14-17(22)21-15(20-14)12(2)3/h11-13H,4-10H2,1-3H3,(H,20,21). The van der Waals surface area contributed by atoms with Gasteiger partial charge in [-0.3, -0.25) is 4.99 Å². The summed E-state index contributed by atoms with van der Waals surface area (Å²) in [6.07, 6.45) is 9.29. The molecule has 120 valence electrons. The van der Waals surface area contributed by atoms with Crippen LogP contribution >= 0.6 is 0 Å². The van der Waals surface area contributed by atoms with Crippen LogP contribution in [0.25, 0.3) is 11.2 Å². The van der Waals surface area contributed by atoms with Crippen LogP contribution in [0.4, 0.5) is 0 Å². The second-order valence-electron chi connectivity index (χ2n) is 6.66. The molecule has 1 aliphatic rings. The van der Waals surface area contributed by atoms with Crippen LogP contribution in [0.2, 0.25) is 0 Å². The summed E-state index contributed by atoms with van der Waals surface area (Å²) in [7, 11) is 0. The summed E-state index contributed by atoms with van der Waals surface area (Å²) in [5.41, 5.74) is 2.84. The van der Waals surface area contributed by atoms with Gasteiger partial charge in [0, 0.05) is 12.5 Å². The predicted molar refractivity (Wildman–Crippen MR) is 88.7 cm³/mol. The first kappa shape index (κ1) is 15.3. The van der Waals surface area contributed by atoms with Crippen molar-refractivity contribution in [2.45, 2.75) is 77.8 Å². The molecule has 1 N–H and O–H groups in total. The Hall–Kier alpha value is -1.65. The molecular weight excluding hydrogens is 274 g/mol. The van der Waals surface area contributed by atoms with Gasteiger partial charge in [0.05, 0.1) is 12.4 Å². The molecular formula is C17H27N5. The lowest BCUT2D eigenvalue weighted by Gasteiger charge is -2.17. The van der Waals surface area contributed by atoms with E-state index in [0.29, 0.717) is 12.0 Å². The van der Waals surface area contributed by atoms with Crippen LogP contribution in [0.1, 0.15) is 71.0 Å². The summed E-state index contributed by atoms with van der Waals surface area (Å²) in [5, 5.41) is 0. The van der Waals surface area contributed by atoms with E-state index in [-0.39, 0.29) is 0 Å². The Kier molecular flexibility index (Phi) is 4.60. The zero-order chi connectivity index (χ0) is 15.5. The van der Waals surface area contributed by atoms with Crippen molar-refractivity contribution in [2.75, 3.05) is 0 Å². The first-order valence-corrected chi connectivity index (χ1v) is 8.68. The Balaban J connectivity index is 2.09. The number of aryl methyl sites for hydroxylation is 1. The van der Waals surface area contributed by atoms with Gasteiger partial charge >= 0.3 is 0 Å². The lowest BCUT2D eigenvalue weighted by atomic mass is 9.96. The van der Waals surface area contributed by atoms with Crippen molar-refractivity contribution in [3.05, 3.63) is 17.6 Å². The van der Waals surface area contributed by atoms with Gasteiger partial charge in [-0.2, -0.15) is 0 Å². The third-order valence-electron chi connectivity index (χ3n) is 4.41. The first-order chi connectivity index (χ1) is 10.7. The molecule has 2 heterocycles. The summed E-state index contributed by atoms with van der Waals surface area (Å²) in [5.74, 6) is 1.40. The molecule has 2 aromatic heterocycles. The highest BCUT2D eigenvalue weighted by atomic mass is 15.1. The zero-order valence-electron chi connectivity index (χ0n) is 14.0. The van der Waals surface area contributed by atoms with Crippen molar-refractivity contribution < 1.29 is 0 Å². The van der Waals surface area contributed by atoms with Crippen molar-refractivity contribution in [3.63, 3.8) is 0 Å². The fourth-order valence-corrected chi connectivity index (χ4v) is 3.15. The fourth-order valence-electron chi connectivity index (χ4n) is 3.15. The summed E-state index contributed by atoms with van der Waals surface area (Å²) in [6, 6.07) is 0.428. The van der Waals surface area contributed by atoms with Crippen LogP contribution in [0, 0.1) is 0 Å². The predicted octanol–water partition coefficient (Wildman–Crippen LogP) is 3.53. The number of hydrogen-bond acceptors (Lipinski definition) is 3. The van der Waals surface area contributed by atoms with Crippen molar-refractivity contribution in [1.82, 2.24) is 19.5 Å². The highest BCUT2D eigenvalue weighted by Gasteiger charge is 2.15. The largest absolute Gasteiger partial charge is 0.337 e. The Morgan fingerprint density at radius 3 is 2.77 bits per heavy atom. The Labute approximate surface area is 131 Å². The SMILES string of the molecule is CCCn1cnc(=NC2CCCCC2)c2[nH]c(C(C)C)nc21. The maximum Gasteiger partial charge on any atom is 0.176 e. The molecule has 0 aliphatic heterocycles. The molecule has 0 atom stereocenters. The quantitative estimate of drug-likeness (QED) is 0.939. The van der Waals surface area contributed by atoms with Gasteiger partial charge in [0.2, 0.25) is 0 Å². The third kappa shape index (κ3) is 3.08. The molecule has 1 aliphatic carbocycles. The molecule has 0 bridgehead atoms. The summed E-state index contributed by atoms with van der Waals surface area (Å²) in [4.78, 5) is 17.8. The van der Waals surface area contributed by atoms with E-state index < -0.39 is 0 Å². The fraction of sp³-hybridized carbons (Fsp3) is 0.706. The monoisotopic (exact) mass is 301 g/mol. The number of imidazole rings is 1. The smallest absolute Gasteiger partial charge is 0.176 e. The molecule has 0 spiro atoms. The number of aromatic amines is 1. The number of nitrogens with one attached hydrogen (secondary N) is 1. The van der Waals surface area contributed by atoms with Gasteiger partial charge in [-0.25, -0.2) is 9.97 Å². The maximum atomic E-state index is 4.92. The lowest BCUT2D eigenvalue weighted by Crippen LogP contribution is -2.20. The maximum absolute atomic E-state index is 4.92. The molecule has 0 radical (unpaired) electrons. The molecule has 22 heavy (non-hydrogen) atoms. The average molecular weight is 301 g/mol. The van der Waals surface area contributed by atoms with Crippen molar-refractivity contribution >= 4 is 11.2 Å². The van der Waals surface area contributed by atoms with E-state index in [2.05, 4.69) is 35.3 Å². The van der Waals surface area contributed by atoms with E-state index in [1.54, 1.807) is 0 Å². The molecule has 0 amide bonds. The summed E-state index contributed by atoms with van der Waals surface area (Å²) < 4.78 is 2.14. The van der Waals surface area contributed by atoms with E-state index in [1.807, 2.05) is 6.33 Å². The molecule has 5 heteroatoms. The minimum atomic E-state index is 0.380. The normalized spacial score (nSPS) is 17.7. The average Bonchev–Trinajstić information content (AvgIpc) is 2.97. The minimum Gasteiger partial charge on any atom is -0.337 e. The van der Waals surface area contributed by atoms with E-state index in [0.717, 1.165) is 35.4 Å². The topological polar surface area (TPSA) is 58.9 Å². The highest BCUT2D eigenvalue weighted by Crippen LogP contribution is 2.20. The second kappa shape index (κ2) is 6.63. The third-order valence-corrected chi connectivity index (χ3v) is 4.41. The summed E-state index contributed by atoms with van der Waals surface area (Å²) in [6.45, 7) is 7.44. The van der Waals surface area contributed by atoms with Gasteiger partial charge in [-0.05, 0) is 19.3 Å². The minimum absolute atomic E-state index is 0.380. The second-order valence-corrected chi connectivity index (χ2v) is 6.66. The Morgan fingerprint density at radius 1 is 1.32 bits per heavy atom. The van der Waals surface area contributed by atoms with Crippen LogP contribution < -0.4 is 5.49 Å². The van der Waals surface area contributed by atoms with E-state index in [4.69, 9.17) is 9.98 Å². The molecule has 5 nitrogen and oxygen atoms in total. The summed E-state index contributed by atoms with van der Waals surface area (Å²) >= 11 is 0. The van der Waals surface area contributed by atoms with Crippen LogP contribution in [0.15, 0.2) is 11.3 Å². The van der Waals surface area contributed by atoms with Crippen molar-refractivity contribution in [1.29, 1.82) is 0 Å². The van der Waals surface area contributed by atoms with Crippen LogP contribution in [0.3, 0.4) is 0 Å².